The van der Waals surface area contributed by atoms with Crippen molar-refractivity contribution < 1.29 is 35.9 Å². The molecule has 0 fully saturated rings. The molecule has 1 aliphatic rings. The first-order chi connectivity index (χ1) is 14.9. The lowest BCUT2D eigenvalue weighted by atomic mass is 10.0. The lowest BCUT2D eigenvalue weighted by Crippen LogP contribution is -2.42. The van der Waals surface area contributed by atoms with E-state index in [9.17, 15) is 35.9 Å². The number of imidazole rings is 1. The molecule has 1 atom stereocenters. The van der Waals surface area contributed by atoms with E-state index in [1.165, 1.54) is 4.90 Å². The Bertz CT molecular complexity index is 1060. The van der Waals surface area contributed by atoms with Gasteiger partial charge >= 0.3 is 6.18 Å². The second-order valence-electron chi connectivity index (χ2n) is 7.46. The van der Waals surface area contributed by atoms with Crippen molar-refractivity contribution in [2.24, 2.45) is 11.5 Å². The fourth-order valence-corrected chi connectivity index (χ4v) is 3.60. The second kappa shape index (κ2) is 10.00. The molecule has 2 aromatic rings. The first kappa shape index (κ1) is 26.5. The summed E-state index contributed by atoms with van der Waals surface area (Å²) in [4.78, 5) is 28.6. The van der Waals surface area contributed by atoms with Crippen molar-refractivity contribution in [1.29, 1.82) is 0 Å². The van der Waals surface area contributed by atoms with Crippen LogP contribution >= 0.6 is 12.4 Å². The summed E-state index contributed by atoms with van der Waals surface area (Å²) in [6.45, 7) is -0.543. The van der Waals surface area contributed by atoms with E-state index in [0.717, 1.165) is 4.57 Å². The fourth-order valence-electron chi connectivity index (χ4n) is 3.60. The van der Waals surface area contributed by atoms with E-state index in [2.05, 4.69) is 4.98 Å². The topological polar surface area (TPSA) is 107 Å². The first-order valence-electron chi connectivity index (χ1n) is 9.47. The van der Waals surface area contributed by atoms with Gasteiger partial charge in [0.2, 0.25) is 17.6 Å². The van der Waals surface area contributed by atoms with E-state index in [-0.39, 0.29) is 61.8 Å². The summed E-state index contributed by atoms with van der Waals surface area (Å²) < 4.78 is 80.9. The Labute approximate surface area is 190 Å². The highest BCUT2D eigenvalue weighted by molar-refractivity contribution is 5.85. The SMILES string of the molecule is Cl.NC(=O)Cc1nc(C(F)(F)F)n2c1CN(C(=O)C[C@H](N)Cc1cc(F)c(F)cc1F)CC2. The van der Waals surface area contributed by atoms with Gasteiger partial charge in [0.1, 0.15) is 5.82 Å². The van der Waals surface area contributed by atoms with E-state index in [4.69, 9.17) is 11.5 Å². The highest BCUT2D eigenvalue weighted by Crippen LogP contribution is 2.32. The van der Waals surface area contributed by atoms with Crippen LogP contribution in [0.1, 0.15) is 29.2 Å². The summed E-state index contributed by atoms with van der Waals surface area (Å²) in [7, 11) is 0. The standard InChI is InChI=1S/C19H19F6N5O2.ClH/c20-11-6-13(22)12(21)4-9(11)3-10(26)5-17(32)29-1-2-30-15(8-29)14(7-16(27)31)28-18(30)19(23,24)25;/h4,6,10H,1-3,5,7-8,26H2,(H2,27,31);1H/t10-;/m1./s1. The van der Waals surface area contributed by atoms with E-state index < -0.39 is 53.7 Å². The summed E-state index contributed by atoms with van der Waals surface area (Å²) >= 11 is 0. The highest BCUT2D eigenvalue weighted by Gasteiger charge is 2.40. The summed E-state index contributed by atoms with van der Waals surface area (Å²) in [5.41, 5.74) is 10.6. The molecule has 2 heterocycles. The molecule has 14 heteroatoms. The molecule has 0 saturated heterocycles. The molecule has 0 aliphatic carbocycles. The molecule has 182 valence electrons. The monoisotopic (exact) mass is 499 g/mol. The molecule has 1 aromatic heterocycles. The number of benzene rings is 1. The van der Waals surface area contributed by atoms with Gasteiger partial charge in [-0.2, -0.15) is 13.2 Å². The van der Waals surface area contributed by atoms with Gasteiger partial charge in [0.15, 0.2) is 11.6 Å². The van der Waals surface area contributed by atoms with Crippen molar-refractivity contribution >= 4 is 24.2 Å². The number of hydrogen-bond acceptors (Lipinski definition) is 4. The number of rotatable bonds is 6. The molecule has 0 spiro atoms. The third-order valence-corrected chi connectivity index (χ3v) is 5.05. The number of nitrogens with two attached hydrogens (primary N) is 2. The number of carbonyl (C=O) groups excluding carboxylic acids is 2. The quantitative estimate of drug-likeness (QED) is 0.468. The van der Waals surface area contributed by atoms with Crippen LogP contribution < -0.4 is 11.5 Å². The molecule has 1 aliphatic heterocycles. The van der Waals surface area contributed by atoms with Crippen molar-refractivity contribution in [3.05, 3.63) is 52.4 Å². The van der Waals surface area contributed by atoms with E-state index in [0.29, 0.717) is 12.1 Å². The maximum absolute atomic E-state index is 13.8. The van der Waals surface area contributed by atoms with Crippen molar-refractivity contribution in [2.45, 2.75) is 44.6 Å². The zero-order valence-corrected chi connectivity index (χ0v) is 17.8. The second-order valence-corrected chi connectivity index (χ2v) is 7.46. The molecule has 0 bridgehead atoms. The van der Waals surface area contributed by atoms with Gasteiger partial charge < -0.3 is 20.9 Å². The number of aromatic nitrogens is 2. The van der Waals surface area contributed by atoms with Gasteiger partial charge in [-0.15, -0.1) is 12.4 Å². The van der Waals surface area contributed by atoms with Crippen LogP contribution in [0.4, 0.5) is 26.3 Å². The molecule has 1 aromatic carbocycles. The Morgan fingerprint density at radius 3 is 2.33 bits per heavy atom. The lowest BCUT2D eigenvalue weighted by Gasteiger charge is -2.30. The molecule has 0 saturated carbocycles. The molecular formula is C19H20ClF6N5O2. The Kier molecular flexibility index (Phi) is 8.01. The van der Waals surface area contributed by atoms with Crippen molar-refractivity contribution in [2.75, 3.05) is 6.54 Å². The smallest absolute Gasteiger partial charge is 0.369 e. The zero-order chi connectivity index (χ0) is 23.8. The third kappa shape index (κ3) is 5.96. The van der Waals surface area contributed by atoms with Gasteiger partial charge in [0.25, 0.3) is 0 Å². The van der Waals surface area contributed by atoms with Crippen LogP contribution in [-0.4, -0.2) is 38.9 Å². The molecule has 3 rings (SSSR count). The fraction of sp³-hybridized carbons (Fsp3) is 0.421. The third-order valence-electron chi connectivity index (χ3n) is 5.05. The maximum atomic E-state index is 13.8. The van der Waals surface area contributed by atoms with Gasteiger partial charge in [0.05, 0.1) is 24.4 Å². The van der Waals surface area contributed by atoms with Gasteiger partial charge in [-0.1, -0.05) is 0 Å². The van der Waals surface area contributed by atoms with E-state index in [1.807, 2.05) is 0 Å². The van der Waals surface area contributed by atoms with Crippen LogP contribution in [0.25, 0.3) is 0 Å². The van der Waals surface area contributed by atoms with Crippen LogP contribution in [0.15, 0.2) is 12.1 Å². The van der Waals surface area contributed by atoms with Gasteiger partial charge in [-0.3, -0.25) is 9.59 Å². The van der Waals surface area contributed by atoms with Crippen LogP contribution in [0.5, 0.6) is 0 Å². The van der Waals surface area contributed by atoms with Crippen LogP contribution in [-0.2, 0) is 41.7 Å². The number of primary amides is 1. The lowest BCUT2D eigenvalue weighted by molar-refractivity contribution is -0.148. The van der Waals surface area contributed by atoms with Crippen molar-refractivity contribution in [3.63, 3.8) is 0 Å². The summed E-state index contributed by atoms with van der Waals surface area (Å²) in [6.07, 6.45) is -5.86. The van der Waals surface area contributed by atoms with Gasteiger partial charge in [-0.25, -0.2) is 18.2 Å². The molecule has 4 N–H and O–H groups in total. The van der Waals surface area contributed by atoms with E-state index in [1.54, 1.807) is 0 Å². The predicted octanol–water partition coefficient (Wildman–Crippen LogP) is 2.07. The molecule has 33 heavy (non-hydrogen) atoms. The van der Waals surface area contributed by atoms with Crippen LogP contribution in [0, 0.1) is 17.5 Å². The average Bonchev–Trinajstić information content (AvgIpc) is 3.03. The minimum Gasteiger partial charge on any atom is -0.369 e. The Morgan fingerprint density at radius 2 is 1.73 bits per heavy atom. The molecule has 0 unspecified atom stereocenters. The van der Waals surface area contributed by atoms with Crippen molar-refractivity contribution in [1.82, 2.24) is 14.5 Å². The van der Waals surface area contributed by atoms with Crippen molar-refractivity contribution in [3.8, 4) is 0 Å². The summed E-state index contributed by atoms with van der Waals surface area (Å²) in [5, 5.41) is 0. The minimum atomic E-state index is -4.76. The summed E-state index contributed by atoms with van der Waals surface area (Å²) in [6, 6.07) is 0.0803. The number of hydrogen-bond donors (Lipinski definition) is 2. The van der Waals surface area contributed by atoms with E-state index >= 15 is 0 Å². The first-order valence-corrected chi connectivity index (χ1v) is 9.47. The average molecular weight is 500 g/mol. The number of nitrogens with zero attached hydrogens (tertiary/aromatic N) is 3. The summed E-state index contributed by atoms with van der Waals surface area (Å²) in [5.74, 6) is -6.21. The van der Waals surface area contributed by atoms with Gasteiger partial charge in [0, 0.05) is 31.6 Å². The normalized spacial score (nSPS) is 14.5. The molecule has 7 nitrogen and oxygen atoms in total. The predicted molar refractivity (Wildman–Crippen MR) is 105 cm³/mol. The highest BCUT2D eigenvalue weighted by atomic mass is 35.5. The molecule has 0 radical (unpaired) electrons. The number of alkyl halides is 3. The minimum absolute atomic E-state index is 0. The largest absolute Gasteiger partial charge is 0.449 e. The Morgan fingerprint density at radius 1 is 1.09 bits per heavy atom. The Balaban J connectivity index is 0.00000385. The number of carbonyl (C=O) groups is 2. The van der Waals surface area contributed by atoms with Gasteiger partial charge in [-0.05, 0) is 18.1 Å². The van der Waals surface area contributed by atoms with Crippen LogP contribution in [0.2, 0.25) is 0 Å². The number of amides is 2. The molecular weight excluding hydrogens is 480 g/mol. The maximum Gasteiger partial charge on any atom is 0.449 e. The number of halogens is 7. The van der Waals surface area contributed by atoms with Crippen LogP contribution in [0.3, 0.4) is 0 Å². The zero-order valence-electron chi connectivity index (χ0n) is 17.0. The molecule has 2 amide bonds. The Hall–Kier alpha value is -2.80. The number of fused-ring (bicyclic) bond motifs is 1.